The van der Waals surface area contributed by atoms with Gasteiger partial charge in [0.05, 0.1) is 50.5 Å². The van der Waals surface area contributed by atoms with E-state index in [-0.39, 0.29) is 141 Å². The summed E-state index contributed by atoms with van der Waals surface area (Å²) < 4.78 is 16.5. The van der Waals surface area contributed by atoms with Crippen LogP contribution in [0, 0.1) is 151 Å². The molecule has 16 atom stereocenters. The highest BCUT2D eigenvalue weighted by Gasteiger charge is 2.59. The summed E-state index contributed by atoms with van der Waals surface area (Å²) in [6.45, 7) is 20.5. The van der Waals surface area contributed by atoms with Gasteiger partial charge in [-0.15, -0.1) is 0 Å². The van der Waals surface area contributed by atoms with Gasteiger partial charge >= 0.3 is 0 Å². The highest BCUT2D eigenvalue weighted by Crippen LogP contribution is 2.64. The number of rotatable bonds is 20. The largest absolute Gasteiger partial charge is 0.315 e. The first-order valence-corrected chi connectivity index (χ1v) is 53.1. The van der Waals surface area contributed by atoms with E-state index in [2.05, 4.69) is 116 Å². The van der Waals surface area contributed by atoms with Gasteiger partial charge in [0, 0.05) is 164 Å². The number of fused-ring (bicyclic) bond motifs is 12. The molecule has 0 radical (unpaired) electrons. The summed E-state index contributed by atoms with van der Waals surface area (Å²) in [5.74, 6) is 1.82. The van der Waals surface area contributed by atoms with Crippen LogP contribution >= 0.6 is 66.7 Å². The lowest BCUT2D eigenvalue weighted by Gasteiger charge is -2.52. The lowest BCUT2D eigenvalue weighted by atomic mass is 9.50. The Morgan fingerprint density at radius 1 is 0.383 bits per heavy atom. The molecule has 4 aliphatic heterocycles. The molecule has 734 valence electrons. The maximum Gasteiger partial charge on any atom is 0.226 e. The average Bonchev–Trinajstić information content (AvgIpc) is 1.68. The molecule has 0 unspecified atom stereocenters. The number of nitriles is 4. The van der Waals surface area contributed by atoms with E-state index in [1.54, 1.807) is 21.9 Å². The number of carbonyl (C=O) groups excluding carboxylic acids is 8. The summed E-state index contributed by atoms with van der Waals surface area (Å²) in [5.41, 5.74) is 16.0. The van der Waals surface area contributed by atoms with Crippen LogP contribution in [0.5, 0.6) is 0 Å². The van der Waals surface area contributed by atoms with E-state index >= 15 is 0 Å². The fraction of sp³-hybridized carbons (Fsp3) is 0.462. The van der Waals surface area contributed by atoms with Crippen LogP contribution in [-0.2, 0) is 77.4 Å². The van der Waals surface area contributed by atoms with Gasteiger partial charge in [0.2, 0.25) is 23.6 Å². The quantitative estimate of drug-likeness (QED) is 0.0693. The smallest absolute Gasteiger partial charge is 0.226 e. The third-order valence-electron chi connectivity index (χ3n) is 34.5. The molecule has 0 bridgehead atoms. The van der Waals surface area contributed by atoms with Crippen LogP contribution in [0.4, 0.5) is 4.39 Å². The fourth-order valence-electron chi connectivity index (χ4n) is 26.8. The summed E-state index contributed by atoms with van der Waals surface area (Å²) in [5, 5.41) is 39.0. The predicted octanol–water partition coefficient (Wildman–Crippen LogP) is 27.9. The zero-order valence-electron chi connectivity index (χ0n) is 82.5. The van der Waals surface area contributed by atoms with Gasteiger partial charge in [0.1, 0.15) is 5.82 Å². The molecule has 141 heavy (non-hydrogen) atoms. The summed E-state index contributed by atoms with van der Waals surface area (Å²) >= 11 is 25.8. The van der Waals surface area contributed by atoms with Crippen molar-refractivity contribution in [3.63, 3.8) is 0 Å². The topological polar surface area (TPSA) is 245 Å². The Hall–Kier alpha value is -10.5. The molecule has 0 aromatic heterocycles. The maximum absolute atomic E-state index is 14.5. The van der Waals surface area contributed by atoms with Gasteiger partial charge in [0.15, 0.2) is 23.1 Å². The minimum Gasteiger partial charge on any atom is -0.315 e. The summed E-state index contributed by atoms with van der Waals surface area (Å²) in [6, 6.07) is 53.4. The van der Waals surface area contributed by atoms with Crippen molar-refractivity contribution in [1.29, 1.82) is 21.0 Å². The number of nitrogens with zero attached hydrogens (tertiary/aromatic N) is 8. The number of aryl methyl sites for hydroxylation is 1. The van der Waals surface area contributed by atoms with Crippen molar-refractivity contribution >= 4 is 113 Å². The Bertz CT molecular complexity index is 6320. The van der Waals surface area contributed by atoms with Gasteiger partial charge in [-0.3, -0.25) is 38.4 Å². The molecule has 4 fully saturated rings. The number of halogens is 6. The normalized spacial score (nSPS) is 28.4. The monoisotopic (exact) mass is 2080 g/mol. The van der Waals surface area contributed by atoms with E-state index in [1.165, 1.54) is 22.8 Å². The number of carbonyl (C=O) groups is 8. The molecule has 4 saturated carbocycles. The van der Waals surface area contributed by atoms with Crippen molar-refractivity contribution in [2.75, 3.05) is 0 Å². The number of Topliss-reactive ketones (excluding diaryl/α,β-unsaturated/α-hetero) is 2. The number of hydrogen-bond donors (Lipinski definition) is 0. The van der Waals surface area contributed by atoms with E-state index in [0.29, 0.717) is 130 Å². The van der Waals surface area contributed by atoms with Crippen molar-refractivity contribution < 1.29 is 42.7 Å². The Balaban J connectivity index is 0.000000143. The zero-order chi connectivity index (χ0) is 101. The minimum absolute atomic E-state index is 0.0247. The second kappa shape index (κ2) is 45.2. The molecule has 0 saturated heterocycles. The fourth-order valence-corrected chi connectivity index (χ4v) is 28.0. The van der Waals surface area contributed by atoms with Crippen molar-refractivity contribution in [2.45, 2.75) is 255 Å². The number of hydrogen-bond acceptors (Lipinski definition) is 12. The van der Waals surface area contributed by atoms with Crippen LogP contribution in [-0.4, -0.2) is 66.4 Å². The first-order chi connectivity index (χ1) is 67.5. The lowest BCUT2D eigenvalue weighted by Crippen LogP contribution is -2.49. The second-order valence-corrected chi connectivity index (χ2v) is 45.5. The molecule has 6 aromatic rings. The number of amides is 4. The van der Waals surface area contributed by atoms with Crippen LogP contribution in [0.1, 0.15) is 248 Å². The molecule has 0 spiro atoms. The van der Waals surface area contributed by atoms with Crippen molar-refractivity contribution in [3.8, 4) is 24.3 Å². The van der Waals surface area contributed by atoms with E-state index in [0.717, 1.165) is 158 Å². The molecule has 8 aliphatic carbocycles. The van der Waals surface area contributed by atoms with Gasteiger partial charge in [-0.05, 0) is 324 Å². The highest BCUT2D eigenvalue weighted by atomic mass is 79.9. The third kappa shape index (κ3) is 22.4. The number of benzene rings is 6. The maximum atomic E-state index is 14.5. The van der Waals surface area contributed by atoms with Crippen molar-refractivity contribution in [1.82, 2.24) is 19.6 Å². The Labute approximate surface area is 863 Å². The van der Waals surface area contributed by atoms with E-state index < -0.39 is 10.8 Å². The molecule has 12 aliphatic rings. The molecule has 0 N–H and O–H groups in total. The summed E-state index contributed by atoms with van der Waals surface area (Å²) in [4.78, 5) is 115. The molecular formula is C119H128Br2Cl3FN8O8. The molecular weight excluding hydrogens is 1950 g/mol. The standard InChI is InChI=1S/C33H34Br2N2O2.C33H34Cl2N2O2.C27H31FN2O2.C26H29ClN2O2/c1-21-27(4-3-17-36)28-14-9-24-20-37(19-23-7-12-26(35)13-8-23)30(38)15-16-33(24,2)31(28)32(39)29(21)18-22-5-10-25(34)11-6-22;1-21-27(10-5-15-36)28-12-11-24-20-37(19-23-7-4-9-26(35)17-23)30(38)13-14-33(24,2)31(28)32(39)29(21)18-22-6-3-8-25(34)16-22;1-17-6-4-8-23(28)22(17)16-30-15-19-9-10-21-20(7-5-13-29)18(2)14-24(31)26(21)27(19,3)12-11-25(30)32;1-17-14-23(30)25-21(20(17)7-5-13-28)10-9-19-16-29(24(31)11-12-26(19,25)2)15-18-6-3-4-8-22(18)27/h5-8,10-13,20,27-28,31H,3-4,9,14-16,18-19H2,1-2H3;3-4,6-9,16-17,20,27-28,31H,5,10-14,18-19H2,1-2H3;4,6,8,14-15,20-21,26H,5,7,9-12,16H2,1-3H3;3-4,6,8,14,16,20-21,25H,5,7,9-12,15H2,1-2H3/t2*27-,28+,31-,33+;20-,21+,26-,27+;20-,21+,25-,26+/m1111/s1. The van der Waals surface area contributed by atoms with Gasteiger partial charge in [-0.2, -0.15) is 21.0 Å². The van der Waals surface area contributed by atoms with Gasteiger partial charge < -0.3 is 19.6 Å². The lowest BCUT2D eigenvalue weighted by molar-refractivity contribution is -0.131. The van der Waals surface area contributed by atoms with Crippen LogP contribution in [0.2, 0.25) is 15.1 Å². The number of ketones is 4. The SMILES string of the molecule is CC1=C(Cc2ccc(Br)cc2)C(=O)[C@H]2[C@@H](CCC3=CN(Cc4ccc(Br)cc4)C(=O)CC[C@@]32C)[C@@H]1CCC#N.CC1=C(Cc2cccc(Cl)c2)C(=O)[C@H]2[C@@H](CCC3=CN(Cc4cccc(Cl)c4)C(=O)CC[C@@]32C)[C@@H]1CCC#N.CC1=CC(=O)[C@H]2[C@@H](CCC3=CN(Cc4c(C)cccc4F)C(=O)CC[C@@]32C)[C@@H]1CCC#N.CC1=CC(=O)[C@H]2[C@@H](CCC3=CN(Cc4ccccc4Cl)C(=O)CC[C@@]32C)[C@@H]1CCC#N. The van der Waals surface area contributed by atoms with E-state index in [9.17, 15) is 53.3 Å². The van der Waals surface area contributed by atoms with Crippen LogP contribution in [0.25, 0.3) is 0 Å². The molecule has 22 heteroatoms. The minimum atomic E-state index is -0.413. The first-order valence-electron chi connectivity index (χ1n) is 50.4. The highest BCUT2D eigenvalue weighted by molar-refractivity contribution is 9.10. The third-order valence-corrected chi connectivity index (χ3v) is 36.4. The summed E-state index contributed by atoms with van der Waals surface area (Å²) in [7, 11) is 0. The van der Waals surface area contributed by atoms with Gasteiger partial charge in [0.25, 0.3) is 0 Å². The second-order valence-electron chi connectivity index (χ2n) is 42.4. The zero-order valence-corrected chi connectivity index (χ0v) is 87.9. The van der Waals surface area contributed by atoms with Gasteiger partial charge in [-0.25, -0.2) is 4.39 Å². The molecule has 4 amide bonds. The summed E-state index contributed by atoms with van der Waals surface area (Å²) in [6.07, 6.45) is 29.1. The Morgan fingerprint density at radius 3 is 1.13 bits per heavy atom. The molecule has 18 rings (SSSR count). The predicted molar refractivity (Wildman–Crippen MR) is 556 cm³/mol. The van der Waals surface area contributed by atoms with E-state index in [1.807, 2.05) is 171 Å². The van der Waals surface area contributed by atoms with Crippen LogP contribution in [0.3, 0.4) is 0 Å². The van der Waals surface area contributed by atoms with Crippen LogP contribution in [0.15, 0.2) is 241 Å². The van der Waals surface area contributed by atoms with Crippen molar-refractivity contribution in [2.24, 2.45) is 92.7 Å². The Kier molecular flexibility index (Phi) is 33.6. The van der Waals surface area contributed by atoms with E-state index in [4.69, 9.17) is 45.3 Å². The average molecular weight is 2080 g/mol. The molecule has 6 aromatic carbocycles. The van der Waals surface area contributed by atoms with Gasteiger partial charge in [-0.1, -0.05) is 196 Å². The first kappa shape index (κ1) is 105. The van der Waals surface area contributed by atoms with Crippen molar-refractivity contribution in [3.05, 3.63) is 301 Å². The van der Waals surface area contributed by atoms with Crippen LogP contribution < -0.4 is 0 Å². The molecule has 16 nitrogen and oxygen atoms in total. The Morgan fingerprint density at radius 2 is 0.730 bits per heavy atom. The molecule has 4 heterocycles. The number of allylic oxidation sites excluding steroid dienone is 12.